The molecule has 1 amide bonds. The molecular formula is C21H25N5O2S. The molecule has 0 bridgehead atoms. The summed E-state index contributed by atoms with van der Waals surface area (Å²) in [5, 5.41) is 5.11. The lowest BCUT2D eigenvalue weighted by molar-refractivity contribution is -0.125. The number of aromatic nitrogens is 3. The quantitative estimate of drug-likeness (QED) is 0.674. The maximum atomic E-state index is 12.9. The van der Waals surface area contributed by atoms with Gasteiger partial charge in [-0.15, -0.1) is 11.3 Å². The van der Waals surface area contributed by atoms with Crippen molar-refractivity contribution in [1.29, 1.82) is 0 Å². The van der Waals surface area contributed by atoms with E-state index in [2.05, 4.69) is 26.7 Å². The van der Waals surface area contributed by atoms with Crippen LogP contribution in [0.25, 0.3) is 11.2 Å². The minimum Gasteiger partial charge on any atom is -0.355 e. The van der Waals surface area contributed by atoms with Gasteiger partial charge in [-0.3, -0.25) is 14.2 Å². The highest BCUT2D eigenvalue weighted by Gasteiger charge is 2.27. The molecule has 3 aromatic rings. The number of aryl methyl sites for hydroxylation is 1. The summed E-state index contributed by atoms with van der Waals surface area (Å²) in [5.41, 5.74) is 1.22. The maximum Gasteiger partial charge on any atom is 0.295 e. The van der Waals surface area contributed by atoms with Gasteiger partial charge in [0, 0.05) is 43.2 Å². The van der Waals surface area contributed by atoms with E-state index in [1.54, 1.807) is 22.1 Å². The molecule has 0 atom stereocenters. The molecule has 1 N–H and O–H groups in total. The first-order valence-electron chi connectivity index (χ1n) is 10.1. The number of carbonyl (C=O) groups excluding carboxylic acids is 1. The second kappa shape index (κ2) is 8.73. The smallest absolute Gasteiger partial charge is 0.295 e. The standard InChI is InChI=1S/C21H25N5O2S/c1-2-26-18-17(6-3-10-22-18)24-19(21(26)28)25-12-8-15(9-13-25)20(27)23-11-7-16-5-4-14-29-16/h3-6,10,14-15H,2,7-9,11-13H2,1H3,(H,23,27). The van der Waals surface area contributed by atoms with Crippen LogP contribution < -0.4 is 15.8 Å². The van der Waals surface area contributed by atoms with E-state index >= 15 is 0 Å². The Morgan fingerprint density at radius 2 is 2.10 bits per heavy atom. The lowest BCUT2D eigenvalue weighted by atomic mass is 9.96. The predicted octanol–water partition coefficient (Wildman–Crippen LogP) is 2.45. The Kier molecular flexibility index (Phi) is 5.89. The molecule has 4 heterocycles. The fourth-order valence-corrected chi connectivity index (χ4v) is 4.53. The summed E-state index contributed by atoms with van der Waals surface area (Å²) in [6.45, 7) is 4.46. The van der Waals surface area contributed by atoms with Crippen LogP contribution in [0.15, 0.2) is 40.6 Å². The maximum absolute atomic E-state index is 12.9. The van der Waals surface area contributed by atoms with Crippen LogP contribution in [0.4, 0.5) is 5.82 Å². The van der Waals surface area contributed by atoms with E-state index in [1.807, 2.05) is 30.0 Å². The molecule has 0 aliphatic carbocycles. The number of carbonyl (C=O) groups is 1. The van der Waals surface area contributed by atoms with E-state index in [0.29, 0.717) is 37.6 Å². The molecule has 1 aliphatic rings. The Morgan fingerprint density at radius 1 is 1.28 bits per heavy atom. The van der Waals surface area contributed by atoms with E-state index in [9.17, 15) is 9.59 Å². The van der Waals surface area contributed by atoms with Crippen LogP contribution >= 0.6 is 11.3 Å². The second-order valence-electron chi connectivity index (χ2n) is 7.21. The van der Waals surface area contributed by atoms with E-state index < -0.39 is 0 Å². The molecule has 0 aromatic carbocycles. The summed E-state index contributed by atoms with van der Waals surface area (Å²) >= 11 is 1.71. The number of hydrogen-bond donors (Lipinski definition) is 1. The average molecular weight is 412 g/mol. The Balaban J connectivity index is 1.40. The fourth-order valence-electron chi connectivity index (χ4n) is 3.82. The molecule has 1 saturated heterocycles. The SMILES string of the molecule is CCn1c(=O)c(N2CCC(C(=O)NCCc3cccs3)CC2)nc2cccnc21. The Bertz CT molecular complexity index is 1040. The summed E-state index contributed by atoms with van der Waals surface area (Å²) in [6.07, 6.45) is 4.00. The van der Waals surface area contributed by atoms with Crippen molar-refractivity contribution in [1.82, 2.24) is 19.9 Å². The fraction of sp³-hybridized carbons (Fsp3) is 0.429. The van der Waals surface area contributed by atoms with Gasteiger partial charge in [-0.1, -0.05) is 6.07 Å². The highest BCUT2D eigenvalue weighted by Crippen LogP contribution is 2.21. The highest BCUT2D eigenvalue weighted by atomic mass is 32.1. The number of thiophene rings is 1. The first kappa shape index (κ1) is 19.6. The molecule has 1 aliphatic heterocycles. The average Bonchev–Trinajstić information content (AvgIpc) is 3.27. The van der Waals surface area contributed by atoms with Gasteiger partial charge in [-0.2, -0.15) is 0 Å². The van der Waals surface area contributed by atoms with Gasteiger partial charge in [-0.05, 0) is 49.8 Å². The number of nitrogens with one attached hydrogen (secondary N) is 1. The number of rotatable bonds is 6. The molecule has 0 saturated carbocycles. The molecule has 0 unspecified atom stereocenters. The summed E-state index contributed by atoms with van der Waals surface area (Å²) in [6, 6.07) is 7.83. The molecule has 0 radical (unpaired) electrons. The van der Waals surface area contributed by atoms with E-state index in [-0.39, 0.29) is 17.4 Å². The zero-order valence-corrected chi connectivity index (χ0v) is 17.3. The molecular weight excluding hydrogens is 386 g/mol. The monoisotopic (exact) mass is 411 g/mol. The van der Waals surface area contributed by atoms with Crippen molar-refractivity contribution < 1.29 is 4.79 Å². The van der Waals surface area contributed by atoms with Gasteiger partial charge in [0.05, 0.1) is 0 Å². The molecule has 7 nitrogen and oxygen atoms in total. The normalized spacial score (nSPS) is 15.0. The van der Waals surface area contributed by atoms with E-state index in [0.717, 1.165) is 24.8 Å². The van der Waals surface area contributed by atoms with Crippen molar-refractivity contribution in [3.05, 3.63) is 51.1 Å². The third-order valence-corrected chi connectivity index (χ3v) is 6.35. The number of hydrogen-bond acceptors (Lipinski definition) is 6. The predicted molar refractivity (Wildman–Crippen MR) is 115 cm³/mol. The summed E-state index contributed by atoms with van der Waals surface area (Å²) in [5.74, 6) is 0.567. The van der Waals surface area contributed by atoms with Gasteiger partial charge in [0.15, 0.2) is 11.5 Å². The molecule has 3 aromatic heterocycles. The molecule has 0 spiro atoms. The van der Waals surface area contributed by atoms with Crippen molar-refractivity contribution in [3.8, 4) is 0 Å². The molecule has 8 heteroatoms. The molecule has 4 rings (SSSR count). The van der Waals surface area contributed by atoms with Crippen LogP contribution in [0.1, 0.15) is 24.6 Å². The zero-order chi connectivity index (χ0) is 20.2. The van der Waals surface area contributed by atoms with Crippen LogP contribution in [0.5, 0.6) is 0 Å². The third-order valence-electron chi connectivity index (χ3n) is 5.42. The van der Waals surface area contributed by atoms with Gasteiger partial charge in [0.1, 0.15) is 5.52 Å². The number of pyridine rings is 1. The van der Waals surface area contributed by atoms with Gasteiger partial charge >= 0.3 is 0 Å². The Labute approximate surface area is 173 Å². The highest BCUT2D eigenvalue weighted by molar-refractivity contribution is 7.09. The van der Waals surface area contributed by atoms with Crippen LogP contribution in [0.2, 0.25) is 0 Å². The Hall–Kier alpha value is -2.74. The van der Waals surface area contributed by atoms with Gasteiger partial charge < -0.3 is 10.2 Å². The first-order chi connectivity index (χ1) is 14.2. The lowest BCUT2D eigenvalue weighted by Gasteiger charge is -2.32. The van der Waals surface area contributed by atoms with E-state index in [1.165, 1.54) is 4.88 Å². The molecule has 29 heavy (non-hydrogen) atoms. The third kappa shape index (κ3) is 4.17. The second-order valence-corrected chi connectivity index (χ2v) is 8.24. The largest absolute Gasteiger partial charge is 0.355 e. The lowest BCUT2D eigenvalue weighted by Crippen LogP contribution is -2.43. The van der Waals surface area contributed by atoms with Crippen LogP contribution in [-0.4, -0.2) is 40.1 Å². The molecule has 1 fully saturated rings. The number of amides is 1. The molecule has 152 valence electrons. The van der Waals surface area contributed by atoms with Crippen LogP contribution in [0, 0.1) is 5.92 Å². The minimum atomic E-state index is -0.113. The van der Waals surface area contributed by atoms with E-state index in [4.69, 9.17) is 0 Å². The topological polar surface area (TPSA) is 80.1 Å². The summed E-state index contributed by atoms with van der Waals surface area (Å²) in [7, 11) is 0. The van der Waals surface area contributed by atoms with Gasteiger partial charge in [-0.25, -0.2) is 9.97 Å². The Morgan fingerprint density at radius 3 is 2.83 bits per heavy atom. The van der Waals surface area contributed by atoms with Crippen molar-refractivity contribution in [3.63, 3.8) is 0 Å². The van der Waals surface area contributed by atoms with Crippen molar-refractivity contribution in [2.24, 2.45) is 5.92 Å². The van der Waals surface area contributed by atoms with Crippen LogP contribution in [0.3, 0.4) is 0 Å². The number of piperidine rings is 1. The van der Waals surface area contributed by atoms with Crippen molar-refractivity contribution in [2.75, 3.05) is 24.5 Å². The summed E-state index contributed by atoms with van der Waals surface area (Å²) < 4.78 is 1.67. The zero-order valence-electron chi connectivity index (χ0n) is 16.5. The minimum absolute atomic E-state index is 0.00916. The number of fused-ring (bicyclic) bond motifs is 1. The first-order valence-corrected chi connectivity index (χ1v) is 11.0. The van der Waals surface area contributed by atoms with Gasteiger partial charge in [0.2, 0.25) is 5.91 Å². The van der Waals surface area contributed by atoms with Crippen molar-refractivity contribution in [2.45, 2.75) is 32.7 Å². The van der Waals surface area contributed by atoms with Crippen LogP contribution in [-0.2, 0) is 17.8 Å². The number of nitrogens with zero attached hydrogens (tertiary/aromatic N) is 4. The van der Waals surface area contributed by atoms with Crippen molar-refractivity contribution >= 4 is 34.2 Å². The van der Waals surface area contributed by atoms with Gasteiger partial charge in [0.25, 0.3) is 5.56 Å². The summed E-state index contributed by atoms with van der Waals surface area (Å²) in [4.78, 5) is 37.6. The number of anilines is 1.